The molecule has 0 bridgehead atoms. The van der Waals surface area contributed by atoms with E-state index in [1.807, 2.05) is 12.1 Å². The molecule has 0 aliphatic carbocycles. The van der Waals surface area contributed by atoms with Gasteiger partial charge in [0, 0.05) is 16.8 Å². The van der Waals surface area contributed by atoms with E-state index in [0.717, 1.165) is 5.69 Å². The summed E-state index contributed by atoms with van der Waals surface area (Å²) in [7, 11) is -3.39. The molecular weight excluding hydrogens is 388 g/mol. The van der Waals surface area contributed by atoms with Gasteiger partial charge in [-0.2, -0.15) is 0 Å². The number of halogens is 1. The second-order valence-corrected chi connectivity index (χ2v) is 8.34. The molecule has 0 saturated carbocycles. The highest BCUT2D eigenvalue weighted by Crippen LogP contribution is 2.30. The van der Waals surface area contributed by atoms with Gasteiger partial charge in [0.2, 0.25) is 0 Å². The molecule has 3 rings (SSSR count). The Morgan fingerprint density at radius 2 is 1.67 bits per heavy atom. The second-order valence-electron chi connectivity index (χ2n) is 5.63. The fourth-order valence-electron chi connectivity index (χ4n) is 2.29. The van der Waals surface area contributed by atoms with E-state index in [4.69, 9.17) is 11.6 Å². The first-order valence-electron chi connectivity index (χ1n) is 8.05. The first-order chi connectivity index (χ1) is 12.9. The zero-order chi connectivity index (χ0) is 19.4. The lowest BCUT2D eigenvalue weighted by Gasteiger charge is -2.11. The molecule has 0 radical (unpaired) electrons. The molecule has 3 N–H and O–H groups in total. The third-order valence-corrected chi connectivity index (χ3v) is 5.74. The maximum Gasteiger partial charge on any atom is 0.178 e. The Bertz CT molecular complexity index is 1060. The highest BCUT2D eigenvalue weighted by molar-refractivity contribution is 7.91. The summed E-state index contributed by atoms with van der Waals surface area (Å²) in [6.07, 6.45) is 1.35. The Morgan fingerprint density at radius 1 is 1.00 bits per heavy atom. The quantitative estimate of drug-likeness (QED) is 0.531. The van der Waals surface area contributed by atoms with Gasteiger partial charge in [0.1, 0.15) is 23.7 Å². The number of sulfone groups is 1. The van der Waals surface area contributed by atoms with Crippen LogP contribution in [0.3, 0.4) is 0 Å². The van der Waals surface area contributed by atoms with E-state index in [-0.39, 0.29) is 22.1 Å². The summed E-state index contributed by atoms with van der Waals surface area (Å²) in [5.41, 5.74) is 1.03. The zero-order valence-corrected chi connectivity index (χ0v) is 15.9. The summed E-state index contributed by atoms with van der Waals surface area (Å²) in [6, 6.07) is 12.8. The summed E-state index contributed by atoms with van der Waals surface area (Å²) >= 11 is 5.87. The number of benzene rings is 2. The van der Waals surface area contributed by atoms with Gasteiger partial charge >= 0.3 is 0 Å². The van der Waals surface area contributed by atoms with Crippen molar-refractivity contribution in [2.45, 2.75) is 11.8 Å². The molecule has 7 nitrogen and oxygen atoms in total. The van der Waals surface area contributed by atoms with Crippen molar-refractivity contribution in [2.75, 3.05) is 16.4 Å². The van der Waals surface area contributed by atoms with Crippen molar-refractivity contribution in [3.05, 3.63) is 59.9 Å². The van der Waals surface area contributed by atoms with Crippen LogP contribution >= 0.6 is 11.6 Å². The number of anilines is 4. The van der Waals surface area contributed by atoms with E-state index in [2.05, 4.69) is 20.6 Å². The Hall–Kier alpha value is -2.84. The molecule has 9 heteroatoms. The Balaban J connectivity index is 1.84. The minimum absolute atomic E-state index is 0.0279. The standard InChI is InChI=1S/C18H17ClN4O3S/c1-2-27(25,26)14-7-8-16(24)15(9-14)23-18-10-17(20-11-21-18)22-13-5-3-12(19)4-6-13/h3-11,24H,2H2,1H3,(H2,20,21,22,23). The number of hydrogen-bond donors (Lipinski definition) is 3. The molecule has 0 amide bonds. The smallest absolute Gasteiger partial charge is 0.178 e. The predicted molar refractivity (Wildman–Crippen MR) is 106 cm³/mol. The molecule has 0 saturated heterocycles. The van der Waals surface area contributed by atoms with Crippen LogP contribution in [0, 0.1) is 0 Å². The molecule has 1 heterocycles. The number of rotatable bonds is 6. The van der Waals surface area contributed by atoms with Gasteiger partial charge in [0.05, 0.1) is 16.3 Å². The number of aromatic hydroxyl groups is 1. The maximum atomic E-state index is 12.0. The van der Waals surface area contributed by atoms with Gasteiger partial charge in [-0.3, -0.25) is 0 Å². The number of nitrogens with zero attached hydrogens (tertiary/aromatic N) is 2. The van der Waals surface area contributed by atoms with Crippen molar-refractivity contribution in [1.29, 1.82) is 0 Å². The highest BCUT2D eigenvalue weighted by atomic mass is 35.5. The van der Waals surface area contributed by atoms with E-state index in [0.29, 0.717) is 16.7 Å². The average molecular weight is 405 g/mol. The molecule has 140 valence electrons. The van der Waals surface area contributed by atoms with E-state index in [1.54, 1.807) is 25.1 Å². The summed E-state index contributed by atoms with van der Waals surface area (Å²) in [6.45, 7) is 1.56. The Labute approximate surface area is 162 Å². The minimum atomic E-state index is -3.39. The third kappa shape index (κ3) is 4.66. The van der Waals surface area contributed by atoms with Crippen molar-refractivity contribution in [1.82, 2.24) is 9.97 Å². The molecule has 0 fully saturated rings. The van der Waals surface area contributed by atoms with Gasteiger partial charge in [-0.05, 0) is 42.5 Å². The van der Waals surface area contributed by atoms with Gasteiger partial charge in [0.15, 0.2) is 9.84 Å². The van der Waals surface area contributed by atoms with E-state index >= 15 is 0 Å². The SMILES string of the molecule is CCS(=O)(=O)c1ccc(O)c(Nc2cc(Nc3ccc(Cl)cc3)ncn2)c1. The predicted octanol–water partition coefficient (Wildman–Crippen LogP) is 4.12. The number of phenols is 1. The van der Waals surface area contributed by atoms with Gasteiger partial charge < -0.3 is 15.7 Å². The van der Waals surface area contributed by atoms with Crippen molar-refractivity contribution < 1.29 is 13.5 Å². The monoisotopic (exact) mass is 404 g/mol. The first-order valence-corrected chi connectivity index (χ1v) is 10.1. The molecule has 1 aromatic heterocycles. The number of aromatic nitrogens is 2. The van der Waals surface area contributed by atoms with Crippen molar-refractivity contribution in [3.63, 3.8) is 0 Å². The maximum absolute atomic E-state index is 12.0. The van der Waals surface area contributed by atoms with Gasteiger partial charge in [-0.15, -0.1) is 0 Å². The Morgan fingerprint density at radius 3 is 2.33 bits per heavy atom. The van der Waals surface area contributed by atoms with Crippen LogP contribution in [-0.2, 0) is 9.84 Å². The fraction of sp³-hybridized carbons (Fsp3) is 0.111. The van der Waals surface area contributed by atoms with Crippen molar-refractivity contribution in [2.24, 2.45) is 0 Å². The lowest BCUT2D eigenvalue weighted by molar-refractivity contribution is 0.477. The second kappa shape index (κ2) is 7.81. The summed E-state index contributed by atoms with van der Waals surface area (Å²) in [4.78, 5) is 8.36. The molecule has 27 heavy (non-hydrogen) atoms. The van der Waals surface area contributed by atoms with E-state index in [1.165, 1.54) is 24.5 Å². The van der Waals surface area contributed by atoms with Crippen LogP contribution in [0.5, 0.6) is 5.75 Å². The van der Waals surface area contributed by atoms with Crippen molar-refractivity contribution >= 4 is 44.4 Å². The van der Waals surface area contributed by atoms with Crippen LogP contribution < -0.4 is 10.6 Å². The van der Waals surface area contributed by atoms with Crippen LogP contribution in [0.1, 0.15) is 6.92 Å². The lowest BCUT2D eigenvalue weighted by Crippen LogP contribution is -2.04. The molecule has 2 aromatic carbocycles. The topological polar surface area (TPSA) is 104 Å². The van der Waals surface area contributed by atoms with Crippen LogP contribution in [0.25, 0.3) is 0 Å². The largest absolute Gasteiger partial charge is 0.506 e. The van der Waals surface area contributed by atoms with Gasteiger partial charge in [0.25, 0.3) is 0 Å². The van der Waals surface area contributed by atoms with Crippen LogP contribution in [0.2, 0.25) is 5.02 Å². The van der Waals surface area contributed by atoms with Crippen molar-refractivity contribution in [3.8, 4) is 5.75 Å². The first kappa shape index (κ1) is 18.9. The Kier molecular flexibility index (Phi) is 5.48. The molecule has 0 atom stereocenters. The fourth-order valence-corrected chi connectivity index (χ4v) is 3.32. The molecule has 3 aromatic rings. The molecule has 0 spiro atoms. The van der Waals surface area contributed by atoms with E-state index in [9.17, 15) is 13.5 Å². The van der Waals surface area contributed by atoms with Gasteiger partial charge in [-0.1, -0.05) is 18.5 Å². The zero-order valence-electron chi connectivity index (χ0n) is 14.3. The minimum Gasteiger partial charge on any atom is -0.506 e. The summed E-state index contributed by atoms with van der Waals surface area (Å²) in [5.74, 6) is 0.796. The summed E-state index contributed by atoms with van der Waals surface area (Å²) < 4.78 is 24.1. The highest BCUT2D eigenvalue weighted by Gasteiger charge is 2.14. The number of nitrogens with one attached hydrogen (secondary N) is 2. The lowest BCUT2D eigenvalue weighted by atomic mass is 10.3. The number of hydrogen-bond acceptors (Lipinski definition) is 7. The summed E-state index contributed by atoms with van der Waals surface area (Å²) in [5, 5.41) is 16.7. The molecule has 0 aliphatic heterocycles. The average Bonchev–Trinajstić information content (AvgIpc) is 2.65. The normalized spacial score (nSPS) is 11.2. The van der Waals surface area contributed by atoms with Crippen LogP contribution in [0.15, 0.2) is 59.8 Å². The van der Waals surface area contributed by atoms with Crippen LogP contribution in [0.4, 0.5) is 23.0 Å². The van der Waals surface area contributed by atoms with E-state index < -0.39 is 9.84 Å². The molecule has 0 aliphatic rings. The molecule has 0 unspecified atom stereocenters. The molecular formula is C18H17ClN4O3S. The van der Waals surface area contributed by atoms with Crippen LogP contribution in [-0.4, -0.2) is 29.2 Å². The van der Waals surface area contributed by atoms with Gasteiger partial charge in [-0.25, -0.2) is 18.4 Å². The number of phenolic OH excluding ortho intramolecular Hbond substituents is 1. The third-order valence-electron chi connectivity index (χ3n) is 3.75.